The molecule has 0 bridgehead atoms. The maximum absolute atomic E-state index is 12.0. The van der Waals surface area contributed by atoms with Gasteiger partial charge in [0.2, 0.25) is 5.91 Å². The van der Waals surface area contributed by atoms with Crippen LogP contribution in [-0.4, -0.2) is 66.0 Å². The first-order chi connectivity index (χ1) is 9.27. The average molecular weight is 287 g/mol. The first-order valence-corrected chi connectivity index (χ1v) is 6.74. The summed E-state index contributed by atoms with van der Waals surface area (Å²) in [6.45, 7) is 4.97. The third kappa shape index (κ3) is 7.73. The van der Waals surface area contributed by atoms with E-state index in [1.807, 2.05) is 32.8 Å². The zero-order valence-electron chi connectivity index (χ0n) is 12.7. The number of carboxylic acid groups (broad SMARTS) is 1. The van der Waals surface area contributed by atoms with Crippen LogP contribution >= 0.6 is 0 Å². The quantitative estimate of drug-likeness (QED) is 0.687. The highest BCUT2D eigenvalue weighted by Gasteiger charge is 2.20. The molecule has 1 atom stereocenters. The van der Waals surface area contributed by atoms with Crippen LogP contribution < -0.4 is 5.32 Å². The van der Waals surface area contributed by atoms with Crippen molar-refractivity contribution in [2.24, 2.45) is 0 Å². The predicted octanol–water partition coefficient (Wildman–Crippen LogP) is 0.750. The number of likely N-dealkylation sites (N-methyl/N-ethyl adjacent to an activating group) is 2. The molecule has 0 aromatic carbocycles. The zero-order valence-corrected chi connectivity index (χ0v) is 12.7. The minimum atomic E-state index is -0.945. The summed E-state index contributed by atoms with van der Waals surface area (Å²) in [4.78, 5) is 37.4. The molecule has 0 aliphatic carbocycles. The fraction of sp³-hybridized carbons (Fsp3) is 0.769. The highest BCUT2D eigenvalue weighted by molar-refractivity contribution is 5.94. The van der Waals surface area contributed by atoms with Crippen molar-refractivity contribution >= 4 is 17.9 Å². The Bertz CT molecular complexity index is 345. The molecule has 0 spiro atoms. The van der Waals surface area contributed by atoms with Gasteiger partial charge >= 0.3 is 12.0 Å². The molecule has 0 rings (SSSR count). The molecule has 3 amide bonds. The maximum atomic E-state index is 12.0. The monoisotopic (exact) mass is 287 g/mol. The van der Waals surface area contributed by atoms with Crippen LogP contribution in [0.5, 0.6) is 0 Å². The number of carbonyl (C=O) groups is 3. The zero-order chi connectivity index (χ0) is 15.7. The number of hydrogen-bond donors (Lipinski definition) is 2. The van der Waals surface area contributed by atoms with Crippen LogP contribution in [0.2, 0.25) is 0 Å². The number of amides is 3. The van der Waals surface area contributed by atoms with Gasteiger partial charge in [0.25, 0.3) is 0 Å². The minimum Gasteiger partial charge on any atom is -0.481 e. The fourth-order valence-corrected chi connectivity index (χ4v) is 1.94. The van der Waals surface area contributed by atoms with Gasteiger partial charge in [0.05, 0.1) is 0 Å². The molecule has 7 nitrogen and oxygen atoms in total. The maximum Gasteiger partial charge on any atom is 0.324 e. The van der Waals surface area contributed by atoms with Crippen molar-refractivity contribution < 1.29 is 19.5 Å². The molecule has 2 N–H and O–H groups in total. The van der Waals surface area contributed by atoms with Crippen molar-refractivity contribution in [1.82, 2.24) is 15.1 Å². The fourth-order valence-electron chi connectivity index (χ4n) is 1.94. The van der Waals surface area contributed by atoms with E-state index in [9.17, 15) is 14.4 Å². The van der Waals surface area contributed by atoms with E-state index in [-0.39, 0.29) is 25.3 Å². The minimum absolute atomic E-state index is 0.0122. The van der Waals surface area contributed by atoms with E-state index < -0.39 is 17.9 Å². The number of rotatable bonds is 8. The number of nitrogens with zero attached hydrogens (tertiary/aromatic N) is 2. The largest absolute Gasteiger partial charge is 0.481 e. The van der Waals surface area contributed by atoms with Gasteiger partial charge in [0, 0.05) is 32.0 Å². The van der Waals surface area contributed by atoms with Gasteiger partial charge < -0.3 is 14.9 Å². The number of imide groups is 1. The van der Waals surface area contributed by atoms with E-state index in [4.69, 9.17) is 5.11 Å². The summed E-state index contributed by atoms with van der Waals surface area (Å²) in [5.41, 5.74) is 0. The molecule has 20 heavy (non-hydrogen) atoms. The summed E-state index contributed by atoms with van der Waals surface area (Å²) in [6, 6.07) is -0.441. The molecule has 7 heteroatoms. The van der Waals surface area contributed by atoms with Crippen LogP contribution in [0, 0.1) is 0 Å². The van der Waals surface area contributed by atoms with Gasteiger partial charge in [-0.25, -0.2) is 4.79 Å². The smallest absolute Gasteiger partial charge is 0.324 e. The van der Waals surface area contributed by atoms with Gasteiger partial charge in [0.1, 0.15) is 0 Å². The molecule has 0 heterocycles. The lowest BCUT2D eigenvalue weighted by molar-refractivity contribution is -0.137. The van der Waals surface area contributed by atoms with Gasteiger partial charge in [-0.05, 0) is 34.4 Å². The van der Waals surface area contributed by atoms with Crippen molar-refractivity contribution in [3.63, 3.8) is 0 Å². The van der Waals surface area contributed by atoms with Gasteiger partial charge in [-0.2, -0.15) is 0 Å². The molecule has 0 aromatic heterocycles. The second-order valence-electron chi connectivity index (χ2n) is 5.00. The van der Waals surface area contributed by atoms with Crippen LogP contribution in [-0.2, 0) is 9.59 Å². The van der Waals surface area contributed by atoms with E-state index in [1.54, 1.807) is 4.90 Å². The standard InChI is InChI=1S/C13H25N3O4/c1-5-16(10(2)9-15(3)4)13(20)14-11(17)7-6-8-12(18)19/h10H,5-9H2,1-4H3,(H,18,19)(H,14,17,20). The summed E-state index contributed by atoms with van der Waals surface area (Å²) >= 11 is 0. The van der Waals surface area contributed by atoms with Gasteiger partial charge in [-0.15, -0.1) is 0 Å². The number of nitrogens with one attached hydrogen (secondary N) is 1. The average Bonchev–Trinajstić information content (AvgIpc) is 2.27. The Morgan fingerprint density at radius 1 is 1.20 bits per heavy atom. The summed E-state index contributed by atoms with van der Waals surface area (Å²) in [5.74, 6) is -1.38. The summed E-state index contributed by atoms with van der Waals surface area (Å²) in [5, 5.41) is 10.8. The predicted molar refractivity (Wildman–Crippen MR) is 75.4 cm³/mol. The Kier molecular flexibility index (Phi) is 8.54. The van der Waals surface area contributed by atoms with Crippen LogP contribution in [0.15, 0.2) is 0 Å². The first kappa shape index (κ1) is 18.4. The lowest BCUT2D eigenvalue weighted by Crippen LogP contribution is -2.49. The highest BCUT2D eigenvalue weighted by atomic mass is 16.4. The van der Waals surface area contributed by atoms with Crippen molar-refractivity contribution in [3.05, 3.63) is 0 Å². The third-order valence-corrected chi connectivity index (χ3v) is 2.80. The molecule has 0 saturated heterocycles. The molecular weight excluding hydrogens is 262 g/mol. The van der Waals surface area contributed by atoms with E-state index in [1.165, 1.54) is 0 Å². The lowest BCUT2D eigenvalue weighted by Gasteiger charge is -2.29. The molecule has 116 valence electrons. The van der Waals surface area contributed by atoms with E-state index in [0.29, 0.717) is 13.1 Å². The molecule has 0 aromatic rings. The van der Waals surface area contributed by atoms with Crippen molar-refractivity contribution in [2.75, 3.05) is 27.2 Å². The van der Waals surface area contributed by atoms with Crippen molar-refractivity contribution in [2.45, 2.75) is 39.2 Å². The summed E-state index contributed by atoms with van der Waals surface area (Å²) in [7, 11) is 3.83. The Morgan fingerprint density at radius 3 is 2.25 bits per heavy atom. The number of carbonyl (C=O) groups excluding carboxylic acids is 2. The number of hydrogen-bond acceptors (Lipinski definition) is 4. The molecule has 0 saturated carbocycles. The van der Waals surface area contributed by atoms with E-state index in [2.05, 4.69) is 5.32 Å². The Labute approximate surface area is 119 Å². The molecular formula is C13H25N3O4. The second-order valence-corrected chi connectivity index (χ2v) is 5.00. The van der Waals surface area contributed by atoms with Gasteiger partial charge in [-0.3, -0.25) is 14.9 Å². The van der Waals surface area contributed by atoms with Gasteiger partial charge in [-0.1, -0.05) is 0 Å². The Morgan fingerprint density at radius 2 is 1.80 bits per heavy atom. The molecule has 0 aliphatic heterocycles. The lowest BCUT2D eigenvalue weighted by atomic mass is 10.2. The second kappa shape index (κ2) is 9.30. The van der Waals surface area contributed by atoms with Crippen molar-refractivity contribution in [3.8, 4) is 0 Å². The molecule has 0 aliphatic rings. The molecule has 0 fully saturated rings. The van der Waals surface area contributed by atoms with Crippen molar-refractivity contribution in [1.29, 1.82) is 0 Å². The summed E-state index contributed by atoms with van der Waals surface area (Å²) in [6.07, 6.45) is 0.196. The normalized spacial score (nSPS) is 12.1. The topological polar surface area (TPSA) is 90.0 Å². The Balaban J connectivity index is 4.26. The number of urea groups is 1. The highest BCUT2D eigenvalue weighted by Crippen LogP contribution is 2.02. The third-order valence-electron chi connectivity index (χ3n) is 2.80. The van der Waals surface area contributed by atoms with E-state index >= 15 is 0 Å². The Hall–Kier alpha value is -1.63. The van der Waals surface area contributed by atoms with Crippen LogP contribution in [0.3, 0.4) is 0 Å². The van der Waals surface area contributed by atoms with E-state index in [0.717, 1.165) is 0 Å². The SMILES string of the molecule is CCN(C(=O)NC(=O)CCCC(=O)O)C(C)CN(C)C. The van der Waals surface area contributed by atoms with Gasteiger partial charge in [0.15, 0.2) is 0 Å². The summed E-state index contributed by atoms with van der Waals surface area (Å²) < 4.78 is 0. The number of aliphatic carboxylic acids is 1. The molecule has 0 radical (unpaired) electrons. The number of carboxylic acids is 1. The van der Waals surface area contributed by atoms with Crippen LogP contribution in [0.1, 0.15) is 33.1 Å². The molecule has 1 unspecified atom stereocenters. The van der Waals surface area contributed by atoms with Crippen LogP contribution in [0.4, 0.5) is 4.79 Å². The van der Waals surface area contributed by atoms with Crippen LogP contribution in [0.25, 0.3) is 0 Å². The first-order valence-electron chi connectivity index (χ1n) is 6.74.